The van der Waals surface area contributed by atoms with Crippen molar-refractivity contribution in [3.05, 3.63) is 36.0 Å². The van der Waals surface area contributed by atoms with Crippen molar-refractivity contribution in [2.24, 2.45) is 0 Å². The van der Waals surface area contributed by atoms with E-state index in [0.717, 1.165) is 43.6 Å². The number of fused-ring (bicyclic) bond motifs is 1. The molecule has 0 spiro atoms. The third kappa shape index (κ3) is 3.33. The number of ether oxygens (including phenoxy) is 1. The van der Waals surface area contributed by atoms with E-state index in [9.17, 15) is 9.90 Å². The number of benzene rings is 1. The van der Waals surface area contributed by atoms with Crippen molar-refractivity contribution in [3.8, 4) is 0 Å². The minimum atomic E-state index is -0.908. The Bertz CT molecular complexity index is 773. The van der Waals surface area contributed by atoms with Gasteiger partial charge in [0.2, 0.25) is 0 Å². The summed E-state index contributed by atoms with van der Waals surface area (Å²) in [7, 11) is 0. The molecule has 4 rings (SSSR count). The maximum Gasteiger partial charge on any atom is 0.336 e. The molecule has 0 bridgehead atoms. The molecule has 5 heteroatoms. The number of aromatic carboxylic acids is 1. The van der Waals surface area contributed by atoms with Crippen LogP contribution in [0, 0.1) is 0 Å². The van der Waals surface area contributed by atoms with E-state index < -0.39 is 5.97 Å². The van der Waals surface area contributed by atoms with Crippen LogP contribution in [0.4, 0.5) is 5.69 Å². The molecular formula is C20H24N2O3. The zero-order valence-electron chi connectivity index (χ0n) is 14.4. The summed E-state index contributed by atoms with van der Waals surface area (Å²) >= 11 is 0. The quantitative estimate of drug-likeness (QED) is 0.915. The van der Waals surface area contributed by atoms with E-state index in [1.54, 1.807) is 18.3 Å². The van der Waals surface area contributed by atoms with E-state index in [1.807, 2.05) is 12.1 Å². The van der Waals surface area contributed by atoms with Gasteiger partial charge in [-0.1, -0.05) is 6.07 Å². The number of rotatable bonds is 4. The predicted octanol–water partition coefficient (Wildman–Crippen LogP) is 3.86. The molecule has 132 valence electrons. The number of nitrogens with zero attached hydrogens (tertiary/aromatic N) is 2. The lowest BCUT2D eigenvalue weighted by Crippen LogP contribution is -2.29. The van der Waals surface area contributed by atoms with Gasteiger partial charge in [0.05, 0.1) is 29.0 Å². The van der Waals surface area contributed by atoms with Gasteiger partial charge in [0.1, 0.15) is 0 Å². The Morgan fingerprint density at radius 3 is 2.64 bits per heavy atom. The fraction of sp³-hybridized carbons (Fsp3) is 0.500. The largest absolute Gasteiger partial charge is 0.478 e. The molecule has 5 nitrogen and oxygen atoms in total. The van der Waals surface area contributed by atoms with Crippen LogP contribution in [-0.2, 0) is 4.74 Å². The molecule has 2 heterocycles. The van der Waals surface area contributed by atoms with Gasteiger partial charge >= 0.3 is 5.97 Å². The maximum absolute atomic E-state index is 11.5. The molecule has 2 fully saturated rings. The van der Waals surface area contributed by atoms with E-state index in [4.69, 9.17) is 4.74 Å². The highest BCUT2D eigenvalue weighted by atomic mass is 16.5. The van der Waals surface area contributed by atoms with Gasteiger partial charge in [-0.15, -0.1) is 0 Å². The maximum atomic E-state index is 11.5. The minimum absolute atomic E-state index is 0.313. The molecule has 1 saturated heterocycles. The molecule has 1 atom stereocenters. The summed E-state index contributed by atoms with van der Waals surface area (Å²) in [6.45, 7) is 1.89. The second kappa shape index (κ2) is 7.00. The van der Waals surface area contributed by atoms with Crippen molar-refractivity contribution in [1.29, 1.82) is 0 Å². The Morgan fingerprint density at radius 2 is 1.88 bits per heavy atom. The molecule has 0 amide bonds. The zero-order valence-corrected chi connectivity index (χ0v) is 14.4. The smallest absolute Gasteiger partial charge is 0.336 e. The molecular weight excluding hydrogens is 316 g/mol. The molecule has 2 aromatic rings. The average molecular weight is 340 g/mol. The lowest BCUT2D eigenvalue weighted by molar-refractivity contribution is -0.0549. The molecule has 1 unspecified atom stereocenters. The van der Waals surface area contributed by atoms with Gasteiger partial charge in [-0.3, -0.25) is 4.98 Å². The third-order valence-electron chi connectivity index (χ3n) is 5.43. The van der Waals surface area contributed by atoms with Crippen LogP contribution in [0.2, 0.25) is 0 Å². The first kappa shape index (κ1) is 16.3. The fourth-order valence-corrected chi connectivity index (χ4v) is 3.82. The Kier molecular flexibility index (Phi) is 4.57. The number of hydrogen-bond acceptors (Lipinski definition) is 4. The summed E-state index contributed by atoms with van der Waals surface area (Å²) in [6, 6.07) is 7.25. The number of anilines is 1. The van der Waals surface area contributed by atoms with E-state index in [0.29, 0.717) is 23.2 Å². The molecule has 1 aliphatic heterocycles. The molecule has 25 heavy (non-hydrogen) atoms. The van der Waals surface area contributed by atoms with Crippen LogP contribution in [0.15, 0.2) is 30.5 Å². The standard InChI is InChI=1S/C20H24N2O3/c23-20(24)17-8-9-18(19-16(17)7-2-11-21-19)22-12-3-6-15(10-13-22)25-14-4-1-5-14/h2,7-9,11,14-15H,1,3-6,10,12-13H2,(H,23,24). The van der Waals surface area contributed by atoms with Gasteiger partial charge in [0.25, 0.3) is 0 Å². The second-order valence-corrected chi connectivity index (χ2v) is 7.07. The summed E-state index contributed by atoms with van der Waals surface area (Å²) in [4.78, 5) is 18.3. The molecule has 1 aromatic carbocycles. The Balaban J connectivity index is 1.57. The summed E-state index contributed by atoms with van der Waals surface area (Å²) < 4.78 is 6.21. The van der Waals surface area contributed by atoms with Crippen LogP contribution >= 0.6 is 0 Å². The molecule has 1 saturated carbocycles. The number of aromatic nitrogens is 1. The topological polar surface area (TPSA) is 62.7 Å². The van der Waals surface area contributed by atoms with Gasteiger partial charge < -0.3 is 14.7 Å². The molecule has 1 aliphatic carbocycles. The molecule has 0 radical (unpaired) electrons. The third-order valence-corrected chi connectivity index (χ3v) is 5.43. The molecule has 1 N–H and O–H groups in total. The van der Waals surface area contributed by atoms with Crippen LogP contribution in [-0.4, -0.2) is 41.4 Å². The lowest BCUT2D eigenvalue weighted by atomic mass is 9.95. The predicted molar refractivity (Wildman–Crippen MR) is 97.3 cm³/mol. The zero-order chi connectivity index (χ0) is 17.2. The Hall–Kier alpha value is -2.14. The summed E-state index contributed by atoms with van der Waals surface area (Å²) in [6.07, 6.45) is 9.51. The van der Waals surface area contributed by atoms with E-state index in [2.05, 4.69) is 9.88 Å². The van der Waals surface area contributed by atoms with Crippen molar-refractivity contribution in [3.63, 3.8) is 0 Å². The van der Waals surface area contributed by atoms with Gasteiger partial charge in [-0.05, 0) is 56.7 Å². The van der Waals surface area contributed by atoms with Crippen molar-refractivity contribution >= 4 is 22.6 Å². The highest BCUT2D eigenvalue weighted by Crippen LogP contribution is 2.31. The van der Waals surface area contributed by atoms with E-state index >= 15 is 0 Å². The first-order valence-corrected chi connectivity index (χ1v) is 9.24. The number of hydrogen-bond donors (Lipinski definition) is 1. The van der Waals surface area contributed by atoms with Crippen LogP contribution < -0.4 is 4.90 Å². The van der Waals surface area contributed by atoms with Gasteiger partial charge in [0, 0.05) is 24.7 Å². The molecule has 1 aromatic heterocycles. The highest BCUT2D eigenvalue weighted by molar-refractivity contribution is 6.06. The monoisotopic (exact) mass is 340 g/mol. The highest BCUT2D eigenvalue weighted by Gasteiger charge is 2.25. The van der Waals surface area contributed by atoms with Crippen LogP contribution in [0.1, 0.15) is 48.9 Å². The Labute approximate surface area is 147 Å². The van der Waals surface area contributed by atoms with Crippen molar-refractivity contribution in [1.82, 2.24) is 4.98 Å². The van der Waals surface area contributed by atoms with Crippen LogP contribution in [0.25, 0.3) is 10.9 Å². The summed E-state index contributed by atoms with van der Waals surface area (Å²) in [5.74, 6) is -0.908. The average Bonchev–Trinajstić information content (AvgIpc) is 2.82. The fourth-order valence-electron chi connectivity index (χ4n) is 3.82. The van der Waals surface area contributed by atoms with Crippen molar-refractivity contribution in [2.45, 2.75) is 50.7 Å². The van der Waals surface area contributed by atoms with Crippen LogP contribution in [0.3, 0.4) is 0 Å². The van der Waals surface area contributed by atoms with Gasteiger partial charge in [-0.25, -0.2) is 4.79 Å². The normalized spacial score (nSPS) is 21.8. The van der Waals surface area contributed by atoms with Crippen molar-refractivity contribution < 1.29 is 14.6 Å². The Morgan fingerprint density at radius 1 is 1.08 bits per heavy atom. The number of carboxylic acids is 1. The van der Waals surface area contributed by atoms with Gasteiger partial charge in [-0.2, -0.15) is 0 Å². The second-order valence-electron chi connectivity index (χ2n) is 7.07. The van der Waals surface area contributed by atoms with Gasteiger partial charge in [0.15, 0.2) is 0 Å². The molecule has 2 aliphatic rings. The number of carboxylic acid groups (broad SMARTS) is 1. The first-order valence-electron chi connectivity index (χ1n) is 9.24. The SMILES string of the molecule is O=C(O)c1ccc(N2CCCC(OC3CCC3)CC2)c2ncccc12. The first-order chi connectivity index (χ1) is 12.2. The number of carbonyl (C=O) groups is 1. The minimum Gasteiger partial charge on any atom is -0.478 e. The number of pyridine rings is 1. The summed E-state index contributed by atoms with van der Waals surface area (Å²) in [5.41, 5.74) is 2.12. The van der Waals surface area contributed by atoms with Crippen molar-refractivity contribution in [2.75, 3.05) is 18.0 Å². The van der Waals surface area contributed by atoms with Crippen LogP contribution in [0.5, 0.6) is 0 Å². The van der Waals surface area contributed by atoms with E-state index in [1.165, 1.54) is 19.3 Å². The summed E-state index contributed by atoms with van der Waals surface area (Å²) in [5, 5.41) is 10.1. The van der Waals surface area contributed by atoms with E-state index in [-0.39, 0.29) is 0 Å². The lowest BCUT2D eigenvalue weighted by Gasteiger charge is -2.30.